The van der Waals surface area contributed by atoms with Crippen LogP contribution in [-0.4, -0.2) is 15.5 Å². The predicted octanol–water partition coefficient (Wildman–Crippen LogP) is 7.32. The molecule has 0 saturated heterocycles. The zero-order chi connectivity index (χ0) is 23.0. The van der Waals surface area contributed by atoms with Gasteiger partial charge in [0.05, 0.1) is 11.6 Å². The fourth-order valence-corrected chi connectivity index (χ4v) is 5.71. The van der Waals surface area contributed by atoms with Crippen molar-refractivity contribution in [1.29, 1.82) is 5.41 Å². The number of benzene rings is 2. The van der Waals surface area contributed by atoms with E-state index >= 15 is 0 Å². The summed E-state index contributed by atoms with van der Waals surface area (Å²) in [6, 6.07) is 17.0. The Labute approximate surface area is 216 Å². The summed E-state index contributed by atoms with van der Waals surface area (Å²) in [6.07, 6.45) is 2.46. The lowest BCUT2D eigenvalue weighted by atomic mass is 9.78. The molecule has 6 heteroatoms. The van der Waals surface area contributed by atoms with Gasteiger partial charge in [-0.05, 0) is 117 Å². The van der Waals surface area contributed by atoms with E-state index in [9.17, 15) is 0 Å². The Balaban J connectivity index is 1.94. The average Bonchev–Trinajstić information content (AvgIpc) is 3.10. The largest absolute Gasteiger partial charge is 0.347 e. The number of nitrogens with zero attached hydrogens (tertiary/aromatic N) is 2. The summed E-state index contributed by atoms with van der Waals surface area (Å²) < 4.78 is 3.99. The molecule has 0 radical (unpaired) electrons. The Morgan fingerprint density at radius 1 is 1.22 bits per heavy atom. The number of rotatable bonds is 6. The lowest BCUT2D eigenvalue weighted by Gasteiger charge is -2.30. The third-order valence-electron chi connectivity index (χ3n) is 5.82. The van der Waals surface area contributed by atoms with Gasteiger partial charge in [-0.25, -0.2) is 4.68 Å². The zero-order valence-electron chi connectivity index (χ0n) is 18.0. The number of allylic oxidation sites excluding steroid dienone is 3. The van der Waals surface area contributed by atoms with Crippen LogP contribution >= 0.6 is 45.2 Å². The van der Waals surface area contributed by atoms with Crippen molar-refractivity contribution in [3.8, 4) is 0 Å². The molecule has 1 aromatic heterocycles. The van der Waals surface area contributed by atoms with Crippen molar-refractivity contribution in [2.45, 2.75) is 26.3 Å². The Hall–Kier alpha value is -2.20. The maximum atomic E-state index is 8.26. The number of anilines is 1. The topological polar surface area (TPSA) is 53.7 Å². The van der Waals surface area contributed by atoms with Crippen LogP contribution in [0, 0.1) is 12.7 Å². The molecule has 3 aromatic rings. The van der Waals surface area contributed by atoms with Crippen molar-refractivity contribution in [1.82, 2.24) is 9.78 Å². The van der Waals surface area contributed by atoms with Gasteiger partial charge in [0.2, 0.25) is 0 Å². The monoisotopic (exact) mass is 646 g/mol. The van der Waals surface area contributed by atoms with Crippen LogP contribution in [0.1, 0.15) is 42.1 Å². The summed E-state index contributed by atoms with van der Waals surface area (Å²) in [5, 5.41) is 16.3. The molecule has 2 aromatic carbocycles. The first-order valence-electron chi connectivity index (χ1n) is 10.3. The number of halogens is 2. The molecular formula is C26H24I2N4. The molecule has 0 aliphatic heterocycles. The van der Waals surface area contributed by atoms with E-state index in [1.165, 1.54) is 25.8 Å². The third kappa shape index (κ3) is 4.10. The third-order valence-corrected chi connectivity index (χ3v) is 7.24. The number of hydrogen-bond donors (Lipinski definition) is 2. The molecule has 1 heterocycles. The Morgan fingerprint density at radius 3 is 2.59 bits per heavy atom. The van der Waals surface area contributed by atoms with Crippen LogP contribution in [-0.2, 0) is 6.42 Å². The van der Waals surface area contributed by atoms with Crippen molar-refractivity contribution < 1.29 is 0 Å². The normalized spacial score (nSPS) is 14.2. The number of fused-ring (bicyclic) bond motifs is 1. The molecule has 0 spiro atoms. The lowest BCUT2D eigenvalue weighted by Crippen LogP contribution is -2.19. The van der Waals surface area contributed by atoms with Crippen LogP contribution < -0.4 is 5.32 Å². The second-order valence-corrected chi connectivity index (χ2v) is 10.1. The maximum Gasteiger partial charge on any atom is 0.139 e. The highest BCUT2D eigenvalue weighted by molar-refractivity contribution is 14.1. The molecule has 4 nitrogen and oxygen atoms in total. The van der Waals surface area contributed by atoms with Crippen LogP contribution in [0.4, 0.5) is 5.82 Å². The summed E-state index contributed by atoms with van der Waals surface area (Å²) in [6.45, 7) is 12.3. The molecule has 0 bridgehead atoms. The van der Waals surface area contributed by atoms with Crippen molar-refractivity contribution in [3.63, 3.8) is 0 Å². The fraction of sp³-hybridized carbons (Fsp3) is 0.154. The summed E-state index contributed by atoms with van der Waals surface area (Å²) in [5.41, 5.74) is 8.41. The van der Waals surface area contributed by atoms with E-state index in [-0.39, 0.29) is 6.04 Å². The first kappa shape index (κ1) is 23.0. The average molecular weight is 646 g/mol. The number of aromatic nitrogens is 2. The van der Waals surface area contributed by atoms with Gasteiger partial charge in [-0.15, -0.1) is 0 Å². The molecule has 4 rings (SSSR count). The molecule has 1 atom stereocenters. The van der Waals surface area contributed by atoms with Crippen LogP contribution in [0.3, 0.4) is 0 Å². The minimum absolute atomic E-state index is 0.0431. The van der Waals surface area contributed by atoms with E-state index in [0.29, 0.717) is 5.71 Å². The summed E-state index contributed by atoms with van der Waals surface area (Å²) in [5.74, 6) is 0.795. The van der Waals surface area contributed by atoms with Gasteiger partial charge in [-0.1, -0.05) is 49.6 Å². The van der Waals surface area contributed by atoms with E-state index in [4.69, 9.17) is 10.5 Å². The van der Waals surface area contributed by atoms with Gasteiger partial charge in [0, 0.05) is 9.28 Å². The van der Waals surface area contributed by atoms with Crippen LogP contribution in [0.5, 0.6) is 0 Å². The summed E-state index contributed by atoms with van der Waals surface area (Å²) >= 11 is 4.57. The second kappa shape index (κ2) is 9.35. The molecule has 1 unspecified atom stereocenters. The molecule has 32 heavy (non-hydrogen) atoms. The smallest absolute Gasteiger partial charge is 0.139 e. The van der Waals surface area contributed by atoms with Crippen molar-refractivity contribution in [3.05, 3.63) is 103 Å². The van der Waals surface area contributed by atoms with Gasteiger partial charge < -0.3 is 10.7 Å². The molecule has 0 fully saturated rings. The zero-order valence-corrected chi connectivity index (χ0v) is 22.4. The highest BCUT2D eigenvalue weighted by atomic mass is 127. The second-order valence-electron chi connectivity index (χ2n) is 7.83. The highest BCUT2D eigenvalue weighted by Crippen LogP contribution is 2.44. The molecule has 0 amide bonds. The van der Waals surface area contributed by atoms with Crippen molar-refractivity contribution in [2.24, 2.45) is 0 Å². The first-order chi connectivity index (χ1) is 15.3. The van der Waals surface area contributed by atoms with E-state index < -0.39 is 0 Å². The van der Waals surface area contributed by atoms with E-state index in [0.717, 1.165) is 32.6 Å². The summed E-state index contributed by atoms with van der Waals surface area (Å²) in [7, 11) is 0. The summed E-state index contributed by atoms with van der Waals surface area (Å²) in [4.78, 5) is 0. The SMILES string of the molecule is C=CNc1c(C(C)=N)c(I)nn1C(C)C1=C(c2ccccc2)C(=C)c2cc(I)ccc2C1. The minimum Gasteiger partial charge on any atom is -0.347 e. The Morgan fingerprint density at radius 2 is 1.94 bits per heavy atom. The van der Waals surface area contributed by atoms with Gasteiger partial charge in [0.25, 0.3) is 0 Å². The molecular weight excluding hydrogens is 622 g/mol. The maximum absolute atomic E-state index is 8.26. The number of hydrogen-bond acceptors (Lipinski definition) is 3. The lowest BCUT2D eigenvalue weighted by molar-refractivity contribution is 0.550. The molecule has 2 N–H and O–H groups in total. The molecule has 0 saturated carbocycles. The van der Waals surface area contributed by atoms with E-state index in [1.807, 2.05) is 10.7 Å². The quantitative estimate of drug-likeness (QED) is 0.218. The van der Waals surface area contributed by atoms with Crippen molar-refractivity contribution in [2.75, 3.05) is 5.32 Å². The van der Waals surface area contributed by atoms with Gasteiger partial charge in [-0.3, -0.25) is 0 Å². The van der Waals surface area contributed by atoms with Gasteiger partial charge >= 0.3 is 0 Å². The Bertz CT molecular complexity index is 1270. The van der Waals surface area contributed by atoms with E-state index in [2.05, 4.69) is 113 Å². The first-order valence-corrected chi connectivity index (χ1v) is 12.5. The molecule has 1 aliphatic carbocycles. The van der Waals surface area contributed by atoms with Crippen LogP contribution in [0.15, 0.2) is 73.5 Å². The molecule has 162 valence electrons. The van der Waals surface area contributed by atoms with Gasteiger partial charge in [0.1, 0.15) is 9.52 Å². The van der Waals surface area contributed by atoms with Crippen molar-refractivity contribution >= 4 is 67.9 Å². The highest BCUT2D eigenvalue weighted by Gasteiger charge is 2.29. The predicted molar refractivity (Wildman–Crippen MR) is 151 cm³/mol. The fourth-order valence-electron chi connectivity index (χ4n) is 4.33. The van der Waals surface area contributed by atoms with Gasteiger partial charge in [-0.2, -0.15) is 5.10 Å². The standard InChI is InChI=1S/C26H24I2N4/c1-5-30-26-24(16(3)29)25(28)31-32(26)17(4)22-13-19-11-12-20(27)14-21(19)15(2)23(22)18-9-7-6-8-10-18/h5-12,14,17,29-30H,1-2,13H2,3-4H3. The van der Waals surface area contributed by atoms with Gasteiger partial charge in [0.15, 0.2) is 0 Å². The van der Waals surface area contributed by atoms with Crippen LogP contribution in [0.2, 0.25) is 0 Å². The molecule has 1 aliphatic rings. The minimum atomic E-state index is -0.0431. The van der Waals surface area contributed by atoms with Crippen LogP contribution in [0.25, 0.3) is 11.1 Å². The number of nitrogens with one attached hydrogen (secondary N) is 2. The van der Waals surface area contributed by atoms with E-state index in [1.54, 1.807) is 13.1 Å². The Kier molecular flexibility index (Phi) is 6.71.